The first-order valence-electron chi connectivity index (χ1n) is 12.1. The number of ether oxygens (including phenoxy) is 2. The predicted octanol–water partition coefficient (Wildman–Crippen LogP) is 1.95. The van der Waals surface area contributed by atoms with Gasteiger partial charge in [0.15, 0.2) is 5.84 Å². The van der Waals surface area contributed by atoms with Crippen molar-refractivity contribution in [3.8, 4) is 22.9 Å². The Morgan fingerprint density at radius 1 is 1.21 bits per heavy atom. The van der Waals surface area contributed by atoms with E-state index in [0.29, 0.717) is 53.4 Å². The molecule has 0 saturated heterocycles. The minimum absolute atomic E-state index is 0.0104. The maximum atomic E-state index is 11.6. The molecule has 39 heavy (non-hydrogen) atoms. The second-order valence-electron chi connectivity index (χ2n) is 9.74. The van der Waals surface area contributed by atoms with E-state index >= 15 is 0 Å². The average Bonchev–Trinajstić information content (AvgIpc) is 3.12. The van der Waals surface area contributed by atoms with E-state index in [1.54, 1.807) is 32.0 Å². The van der Waals surface area contributed by atoms with Crippen LogP contribution in [0.3, 0.4) is 0 Å². The molecule has 2 N–H and O–H groups in total. The third kappa shape index (κ3) is 9.30. The molecule has 216 valence electrons. The lowest BCUT2D eigenvalue weighted by Crippen LogP contribution is -2.40. The van der Waals surface area contributed by atoms with Crippen molar-refractivity contribution in [1.29, 1.82) is 0 Å². The van der Waals surface area contributed by atoms with Crippen molar-refractivity contribution in [3.05, 3.63) is 30.1 Å². The lowest BCUT2D eigenvalue weighted by atomic mass is 10.0. The molecule has 13 nitrogen and oxygen atoms in total. The summed E-state index contributed by atoms with van der Waals surface area (Å²) in [6.07, 6.45) is 3.73. The molecule has 15 heteroatoms. The fraction of sp³-hybridized carbons (Fsp3) is 0.542. The van der Waals surface area contributed by atoms with Gasteiger partial charge < -0.3 is 19.8 Å². The second-order valence-corrected chi connectivity index (χ2v) is 13.0. The van der Waals surface area contributed by atoms with Crippen LogP contribution in [-0.4, -0.2) is 82.0 Å². The number of nitrogens with zero attached hydrogens (tertiary/aromatic N) is 4. The molecule has 2 aromatic rings. The topological polar surface area (TPSA) is 174 Å². The fourth-order valence-corrected chi connectivity index (χ4v) is 4.52. The van der Waals surface area contributed by atoms with E-state index in [2.05, 4.69) is 9.98 Å². The monoisotopic (exact) mass is 585 g/mol. The van der Waals surface area contributed by atoms with Crippen molar-refractivity contribution >= 4 is 31.9 Å². The maximum absolute atomic E-state index is 11.6. The molecule has 0 amide bonds. The van der Waals surface area contributed by atoms with E-state index in [1.165, 1.54) is 0 Å². The number of aromatic nitrogens is 2. The highest BCUT2D eigenvalue weighted by Crippen LogP contribution is 2.36. The molecule has 1 aliphatic rings. The zero-order valence-electron chi connectivity index (χ0n) is 22.9. The molecule has 0 radical (unpaired) electrons. The molecule has 1 aromatic heterocycles. The van der Waals surface area contributed by atoms with Crippen LogP contribution in [0.5, 0.6) is 11.5 Å². The standard InChI is InChI=1S/C24H35N5O8S2/c1-16(2)26-22(27-17(3)25)20-14-29-10-12-34-21-13-18(7-8-19(21)23(29)28-20)37-24(4,15-36-39(6,32)33)9-11-35-38(5,30)31/h7-8,13-14,16H,9-12,15H2,1-6H3,(H2,25,26,27). The van der Waals surface area contributed by atoms with Gasteiger partial charge >= 0.3 is 0 Å². The Hall–Kier alpha value is -3.01. The molecular weight excluding hydrogens is 550 g/mol. The Kier molecular flexibility index (Phi) is 9.41. The summed E-state index contributed by atoms with van der Waals surface area (Å²) < 4.78 is 69.9. The maximum Gasteiger partial charge on any atom is 0.264 e. The Morgan fingerprint density at radius 2 is 1.90 bits per heavy atom. The van der Waals surface area contributed by atoms with E-state index in [0.717, 1.165) is 12.5 Å². The minimum atomic E-state index is -3.78. The number of hydrogen-bond acceptors (Lipinski definition) is 10. The fourth-order valence-electron chi connectivity index (χ4n) is 3.68. The smallest absolute Gasteiger partial charge is 0.264 e. The number of benzene rings is 1. The number of nitrogens with two attached hydrogens (primary N) is 1. The van der Waals surface area contributed by atoms with Crippen molar-refractivity contribution in [2.45, 2.75) is 52.3 Å². The van der Waals surface area contributed by atoms with E-state index in [-0.39, 0.29) is 25.7 Å². The molecule has 1 aromatic carbocycles. The van der Waals surface area contributed by atoms with E-state index in [1.807, 2.05) is 24.6 Å². The van der Waals surface area contributed by atoms with Gasteiger partial charge in [-0.05, 0) is 39.8 Å². The van der Waals surface area contributed by atoms with Crippen molar-refractivity contribution in [3.63, 3.8) is 0 Å². The predicted molar refractivity (Wildman–Crippen MR) is 147 cm³/mol. The molecule has 0 saturated carbocycles. The second kappa shape index (κ2) is 12.0. The van der Waals surface area contributed by atoms with E-state index in [9.17, 15) is 16.8 Å². The zero-order chi connectivity index (χ0) is 29.0. The molecule has 3 rings (SSSR count). The molecule has 0 spiro atoms. The van der Waals surface area contributed by atoms with Gasteiger partial charge in [-0.25, -0.2) is 9.98 Å². The largest absolute Gasteiger partial charge is 0.491 e. The number of imidazole rings is 1. The number of rotatable bonds is 11. The van der Waals surface area contributed by atoms with Crippen LogP contribution in [0.15, 0.2) is 34.4 Å². The minimum Gasteiger partial charge on any atom is -0.491 e. The van der Waals surface area contributed by atoms with Gasteiger partial charge in [-0.1, -0.05) is 0 Å². The highest BCUT2D eigenvalue weighted by molar-refractivity contribution is 7.86. The Balaban J connectivity index is 1.93. The van der Waals surface area contributed by atoms with Crippen LogP contribution in [0.4, 0.5) is 0 Å². The summed E-state index contributed by atoms with van der Waals surface area (Å²) in [5.74, 6) is 2.32. The first kappa shape index (κ1) is 30.5. The summed E-state index contributed by atoms with van der Waals surface area (Å²) in [5, 5.41) is 0. The molecule has 0 bridgehead atoms. The van der Waals surface area contributed by atoms with Crippen LogP contribution in [0.2, 0.25) is 0 Å². The van der Waals surface area contributed by atoms with Gasteiger partial charge in [0, 0.05) is 24.7 Å². The zero-order valence-corrected chi connectivity index (χ0v) is 24.5. The SMILES string of the molecule is CC(N)=NC(=NC(C)C)c1cn2c(n1)-c1ccc(OC(C)(CCOS(C)(=O)=O)COS(C)(=O)=O)cc1OCC2. The number of hydrogen-bond donors (Lipinski definition) is 1. The summed E-state index contributed by atoms with van der Waals surface area (Å²) in [7, 11) is -7.47. The first-order valence-corrected chi connectivity index (χ1v) is 15.8. The van der Waals surface area contributed by atoms with Gasteiger partial charge in [-0.2, -0.15) is 16.8 Å². The quantitative estimate of drug-likeness (QED) is 0.233. The third-order valence-electron chi connectivity index (χ3n) is 5.32. The van der Waals surface area contributed by atoms with Gasteiger partial charge in [-0.3, -0.25) is 13.4 Å². The number of amidine groups is 2. The average molecular weight is 586 g/mol. The normalized spacial score (nSPS) is 16.2. The van der Waals surface area contributed by atoms with Crippen LogP contribution >= 0.6 is 0 Å². The molecular formula is C24H35N5O8S2. The van der Waals surface area contributed by atoms with Crippen LogP contribution in [0, 0.1) is 0 Å². The summed E-state index contributed by atoms with van der Waals surface area (Å²) in [5.41, 5.74) is 5.86. The lowest BCUT2D eigenvalue weighted by molar-refractivity contribution is 0.0202. The molecule has 0 fully saturated rings. The Labute approximate surface area is 229 Å². The summed E-state index contributed by atoms with van der Waals surface area (Å²) in [4.78, 5) is 13.7. The van der Waals surface area contributed by atoms with Gasteiger partial charge in [0.2, 0.25) is 0 Å². The van der Waals surface area contributed by atoms with Crippen LogP contribution in [-0.2, 0) is 35.1 Å². The molecule has 1 aliphatic heterocycles. The lowest BCUT2D eigenvalue weighted by Gasteiger charge is -2.30. The van der Waals surface area contributed by atoms with Crippen molar-refractivity contribution in [2.24, 2.45) is 15.7 Å². The summed E-state index contributed by atoms with van der Waals surface area (Å²) >= 11 is 0. The van der Waals surface area contributed by atoms with Crippen molar-refractivity contribution in [2.75, 3.05) is 32.3 Å². The van der Waals surface area contributed by atoms with Gasteiger partial charge in [-0.15, -0.1) is 0 Å². The number of aliphatic imine (C=N–C) groups is 2. The molecule has 0 aliphatic carbocycles. The van der Waals surface area contributed by atoms with E-state index < -0.39 is 25.8 Å². The summed E-state index contributed by atoms with van der Waals surface area (Å²) in [6, 6.07) is 5.12. The third-order valence-corrected chi connectivity index (χ3v) is 6.46. The van der Waals surface area contributed by atoms with Crippen LogP contribution < -0.4 is 15.2 Å². The van der Waals surface area contributed by atoms with Gasteiger partial charge in [0.1, 0.15) is 41.8 Å². The van der Waals surface area contributed by atoms with Crippen LogP contribution in [0.25, 0.3) is 11.4 Å². The van der Waals surface area contributed by atoms with E-state index in [4.69, 9.17) is 28.6 Å². The van der Waals surface area contributed by atoms with Crippen molar-refractivity contribution < 1.29 is 34.7 Å². The molecule has 1 unspecified atom stereocenters. The molecule has 2 heterocycles. The van der Waals surface area contributed by atoms with Crippen molar-refractivity contribution in [1.82, 2.24) is 9.55 Å². The Morgan fingerprint density at radius 3 is 2.51 bits per heavy atom. The highest BCUT2D eigenvalue weighted by atomic mass is 32.2. The number of fused-ring (bicyclic) bond motifs is 3. The Bertz CT molecular complexity index is 1460. The first-order chi connectivity index (χ1) is 18.0. The highest BCUT2D eigenvalue weighted by Gasteiger charge is 2.30. The summed E-state index contributed by atoms with van der Waals surface area (Å²) in [6.45, 7) is 7.46. The molecule has 1 atom stereocenters. The van der Waals surface area contributed by atoms with Gasteiger partial charge in [0.25, 0.3) is 20.2 Å². The van der Waals surface area contributed by atoms with Crippen LogP contribution in [0.1, 0.15) is 39.8 Å². The van der Waals surface area contributed by atoms with Gasteiger partial charge in [0.05, 0.1) is 37.1 Å².